The Hall–Kier alpha value is -3.57. The lowest BCUT2D eigenvalue weighted by atomic mass is 10.2. The number of sulfonamides is 1. The minimum absolute atomic E-state index is 0.138. The summed E-state index contributed by atoms with van der Waals surface area (Å²) in [5, 5.41) is 15.5. The van der Waals surface area contributed by atoms with Crippen molar-refractivity contribution in [2.45, 2.75) is 4.21 Å². The molecule has 3 rings (SSSR count). The van der Waals surface area contributed by atoms with Crippen molar-refractivity contribution in [3.63, 3.8) is 0 Å². The molecule has 2 aromatic carbocycles. The van der Waals surface area contributed by atoms with E-state index < -0.39 is 15.9 Å². The zero-order valence-electron chi connectivity index (χ0n) is 16.5. The van der Waals surface area contributed by atoms with Crippen LogP contribution in [0.1, 0.15) is 15.9 Å². The van der Waals surface area contributed by atoms with Crippen LogP contribution in [-0.4, -0.2) is 39.9 Å². The standard InChI is InChI=1S/C20H19N3O6S2/c1-28-16-10-13(11-17(29-2)19(16)24)12-21-22-20(25)14-5-7-15(8-6-14)23-31(26,27)18-4-3-9-30-18/h3-12,23-24H,1-2H3,(H,22,25)/b21-12+. The Labute approximate surface area is 183 Å². The van der Waals surface area contributed by atoms with Crippen molar-refractivity contribution in [1.82, 2.24) is 5.43 Å². The Bertz CT molecular complexity index is 1170. The maximum Gasteiger partial charge on any atom is 0.271 e. The van der Waals surface area contributed by atoms with Gasteiger partial charge in [0, 0.05) is 16.8 Å². The first-order valence-corrected chi connectivity index (χ1v) is 11.1. The van der Waals surface area contributed by atoms with Crippen molar-refractivity contribution < 1.29 is 27.8 Å². The van der Waals surface area contributed by atoms with E-state index in [1.807, 2.05) is 0 Å². The SMILES string of the molecule is COc1cc(/C=N/NC(=O)c2ccc(NS(=O)(=O)c3cccs3)cc2)cc(OC)c1O. The van der Waals surface area contributed by atoms with E-state index in [1.165, 1.54) is 62.9 Å². The van der Waals surface area contributed by atoms with Crippen LogP contribution < -0.4 is 19.6 Å². The molecule has 0 unspecified atom stereocenters. The van der Waals surface area contributed by atoms with Crippen molar-refractivity contribution in [2.75, 3.05) is 18.9 Å². The molecule has 11 heteroatoms. The summed E-state index contributed by atoms with van der Waals surface area (Å²) in [6.07, 6.45) is 1.37. The zero-order chi connectivity index (χ0) is 22.4. The van der Waals surface area contributed by atoms with Crippen LogP contribution in [0, 0.1) is 0 Å². The fraction of sp³-hybridized carbons (Fsp3) is 0.100. The molecule has 3 N–H and O–H groups in total. The second-order valence-corrected chi connectivity index (χ2v) is 8.95. The molecule has 0 radical (unpaired) electrons. The third kappa shape index (κ3) is 5.32. The number of hydrogen-bond acceptors (Lipinski definition) is 8. The van der Waals surface area contributed by atoms with Gasteiger partial charge in [-0.2, -0.15) is 5.10 Å². The highest BCUT2D eigenvalue weighted by molar-refractivity contribution is 7.94. The van der Waals surface area contributed by atoms with Crippen LogP contribution in [0.3, 0.4) is 0 Å². The lowest BCUT2D eigenvalue weighted by molar-refractivity contribution is 0.0955. The summed E-state index contributed by atoms with van der Waals surface area (Å²) in [6.45, 7) is 0. The van der Waals surface area contributed by atoms with Gasteiger partial charge < -0.3 is 14.6 Å². The van der Waals surface area contributed by atoms with E-state index in [-0.39, 0.29) is 27.0 Å². The van der Waals surface area contributed by atoms with Crippen molar-refractivity contribution >= 4 is 39.2 Å². The van der Waals surface area contributed by atoms with Crippen LogP contribution in [0.25, 0.3) is 0 Å². The minimum atomic E-state index is -3.66. The van der Waals surface area contributed by atoms with E-state index in [9.17, 15) is 18.3 Å². The van der Waals surface area contributed by atoms with Crippen LogP contribution in [0.5, 0.6) is 17.2 Å². The maximum atomic E-state index is 12.3. The molecule has 1 aromatic heterocycles. The number of rotatable bonds is 8. The second-order valence-electron chi connectivity index (χ2n) is 6.09. The molecule has 0 aliphatic heterocycles. The van der Waals surface area contributed by atoms with Crippen LogP contribution in [0.2, 0.25) is 0 Å². The van der Waals surface area contributed by atoms with Gasteiger partial charge in [0.25, 0.3) is 15.9 Å². The predicted molar refractivity (Wildman–Crippen MR) is 118 cm³/mol. The molecule has 0 aliphatic carbocycles. The van der Waals surface area contributed by atoms with Crippen LogP contribution in [-0.2, 0) is 10.0 Å². The van der Waals surface area contributed by atoms with Gasteiger partial charge in [-0.3, -0.25) is 9.52 Å². The Kier molecular flexibility index (Phi) is 6.78. The number of benzene rings is 2. The first kappa shape index (κ1) is 22.1. The number of aromatic hydroxyl groups is 1. The third-order valence-corrected chi connectivity index (χ3v) is 6.82. The monoisotopic (exact) mass is 461 g/mol. The van der Waals surface area contributed by atoms with E-state index in [0.717, 1.165) is 11.3 Å². The number of hydrogen-bond donors (Lipinski definition) is 3. The lowest BCUT2D eigenvalue weighted by Crippen LogP contribution is -2.17. The van der Waals surface area contributed by atoms with Crippen molar-refractivity contribution in [1.29, 1.82) is 0 Å². The van der Waals surface area contributed by atoms with E-state index in [2.05, 4.69) is 15.2 Å². The van der Waals surface area contributed by atoms with Crippen molar-refractivity contribution in [3.8, 4) is 17.2 Å². The second kappa shape index (κ2) is 9.49. The molecule has 3 aromatic rings. The normalized spacial score (nSPS) is 11.3. The number of phenolic OH excluding ortho intramolecular Hbond substituents is 1. The van der Waals surface area contributed by atoms with Gasteiger partial charge >= 0.3 is 0 Å². The fourth-order valence-corrected chi connectivity index (χ4v) is 4.58. The molecule has 0 fully saturated rings. The predicted octanol–water partition coefficient (Wildman–Crippen LogP) is 3.04. The maximum absolute atomic E-state index is 12.3. The van der Waals surface area contributed by atoms with E-state index in [4.69, 9.17) is 9.47 Å². The summed E-state index contributed by atoms with van der Waals surface area (Å²) in [5.41, 5.74) is 3.53. The summed E-state index contributed by atoms with van der Waals surface area (Å²) in [6, 6.07) is 12.1. The van der Waals surface area contributed by atoms with Crippen molar-refractivity contribution in [3.05, 3.63) is 65.0 Å². The molecule has 0 spiro atoms. The Balaban J connectivity index is 1.65. The third-order valence-electron chi connectivity index (χ3n) is 4.04. The average molecular weight is 462 g/mol. The zero-order valence-corrected chi connectivity index (χ0v) is 18.2. The van der Waals surface area contributed by atoms with Gasteiger partial charge in [-0.15, -0.1) is 11.3 Å². The van der Waals surface area contributed by atoms with Gasteiger partial charge in [0.2, 0.25) is 5.75 Å². The topological polar surface area (TPSA) is 126 Å². The first-order chi connectivity index (χ1) is 14.8. The van der Waals surface area contributed by atoms with E-state index in [1.54, 1.807) is 11.4 Å². The Morgan fingerprint density at radius 2 is 1.74 bits per heavy atom. The van der Waals surface area contributed by atoms with Gasteiger partial charge in [-0.05, 0) is 47.8 Å². The van der Waals surface area contributed by atoms with Crippen LogP contribution in [0.4, 0.5) is 5.69 Å². The molecule has 1 amide bonds. The number of hydrazone groups is 1. The van der Waals surface area contributed by atoms with Gasteiger partial charge in [-0.1, -0.05) is 6.07 Å². The molecule has 31 heavy (non-hydrogen) atoms. The molecule has 0 atom stereocenters. The molecule has 162 valence electrons. The highest BCUT2D eigenvalue weighted by Gasteiger charge is 2.15. The molecule has 1 heterocycles. The molecular weight excluding hydrogens is 442 g/mol. The summed E-state index contributed by atoms with van der Waals surface area (Å²) >= 11 is 1.11. The summed E-state index contributed by atoms with van der Waals surface area (Å²) < 4.78 is 37.3. The van der Waals surface area contributed by atoms with Crippen LogP contribution in [0.15, 0.2) is 63.2 Å². The summed E-state index contributed by atoms with van der Waals surface area (Å²) in [5.74, 6) is -0.219. The highest BCUT2D eigenvalue weighted by atomic mass is 32.2. The number of carbonyl (C=O) groups excluding carboxylic acids is 1. The quantitative estimate of drug-likeness (QED) is 0.350. The number of phenols is 1. The number of nitrogens with zero attached hydrogens (tertiary/aromatic N) is 1. The number of thiophene rings is 1. The van der Waals surface area contributed by atoms with Crippen LogP contribution >= 0.6 is 11.3 Å². The minimum Gasteiger partial charge on any atom is -0.502 e. The fourth-order valence-electron chi connectivity index (χ4n) is 2.53. The number of anilines is 1. The Morgan fingerprint density at radius 1 is 1.10 bits per heavy atom. The molecule has 0 saturated carbocycles. The number of methoxy groups -OCH3 is 2. The van der Waals surface area contributed by atoms with E-state index >= 15 is 0 Å². The average Bonchev–Trinajstić information content (AvgIpc) is 3.31. The van der Waals surface area contributed by atoms with Gasteiger partial charge in [0.15, 0.2) is 11.5 Å². The number of amides is 1. The highest BCUT2D eigenvalue weighted by Crippen LogP contribution is 2.36. The van der Waals surface area contributed by atoms with Gasteiger partial charge in [0.1, 0.15) is 4.21 Å². The smallest absolute Gasteiger partial charge is 0.271 e. The Morgan fingerprint density at radius 3 is 2.29 bits per heavy atom. The van der Waals surface area contributed by atoms with Gasteiger partial charge in [-0.25, -0.2) is 13.8 Å². The number of carbonyl (C=O) groups is 1. The lowest BCUT2D eigenvalue weighted by Gasteiger charge is -2.09. The van der Waals surface area contributed by atoms with E-state index in [0.29, 0.717) is 11.3 Å². The molecular formula is C20H19N3O6S2. The van der Waals surface area contributed by atoms with Crippen molar-refractivity contribution in [2.24, 2.45) is 5.10 Å². The molecule has 0 aliphatic rings. The number of ether oxygens (including phenoxy) is 2. The molecule has 0 saturated heterocycles. The van der Waals surface area contributed by atoms with Gasteiger partial charge in [0.05, 0.1) is 20.4 Å². The number of nitrogens with one attached hydrogen (secondary N) is 2. The molecule has 9 nitrogen and oxygen atoms in total. The first-order valence-electron chi connectivity index (χ1n) is 8.79. The summed E-state index contributed by atoms with van der Waals surface area (Å²) in [7, 11) is -0.848. The largest absolute Gasteiger partial charge is 0.502 e. The molecule has 0 bridgehead atoms. The summed E-state index contributed by atoms with van der Waals surface area (Å²) in [4.78, 5) is 12.3.